The number of rotatable bonds is 3. The third-order valence-electron chi connectivity index (χ3n) is 2.67. The first kappa shape index (κ1) is 12.2. The molecule has 0 radical (unpaired) electrons. The molecule has 1 rings (SSSR count). The smallest absolute Gasteiger partial charge is 0.313 e. The molecule has 0 aliphatic carbocycles. The van der Waals surface area contributed by atoms with Gasteiger partial charge in [-0.05, 0) is 37.8 Å². The monoisotopic (exact) mass is 227 g/mol. The first-order valence-electron chi connectivity index (χ1n) is 4.79. The zero-order valence-electron chi connectivity index (χ0n) is 9.53. The zero-order valence-corrected chi connectivity index (χ0v) is 10.4. The largest absolute Gasteiger partial charge is 0.469 e. The minimum Gasteiger partial charge on any atom is -0.469 e. The second kappa shape index (κ2) is 4.33. The summed E-state index contributed by atoms with van der Waals surface area (Å²) in [4.78, 5) is 12.6. The number of ether oxygens (including phenoxy) is 1. The van der Waals surface area contributed by atoms with E-state index in [0.29, 0.717) is 0 Å². The Hall–Kier alpha value is -0.870. The molecule has 0 bridgehead atoms. The molecule has 1 aromatic rings. The minimum atomic E-state index is -0.690. The molecule has 0 aliphatic rings. The van der Waals surface area contributed by atoms with E-state index in [0.717, 1.165) is 10.4 Å². The van der Waals surface area contributed by atoms with Crippen LogP contribution in [0.25, 0.3) is 0 Å². The molecule has 1 aromatic heterocycles. The van der Waals surface area contributed by atoms with Crippen LogP contribution in [-0.2, 0) is 9.53 Å². The Bertz CT molecular complexity index is 357. The molecule has 1 atom stereocenters. The van der Waals surface area contributed by atoms with Gasteiger partial charge in [0.2, 0.25) is 0 Å². The van der Waals surface area contributed by atoms with Crippen molar-refractivity contribution in [2.24, 2.45) is 11.1 Å². The molecular formula is C11H17NO2S. The van der Waals surface area contributed by atoms with E-state index in [1.165, 1.54) is 7.11 Å². The van der Waals surface area contributed by atoms with E-state index in [2.05, 4.69) is 0 Å². The number of hydrogen-bond donors (Lipinski definition) is 1. The Balaban J connectivity index is 2.99. The lowest BCUT2D eigenvalue weighted by atomic mass is 9.83. The van der Waals surface area contributed by atoms with Gasteiger partial charge >= 0.3 is 5.97 Å². The first-order chi connectivity index (χ1) is 6.91. The van der Waals surface area contributed by atoms with Crippen molar-refractivity contribution in [2.45, 2.75) is 26.8 Å². The fourth-order valence-corrected chi connectivity index (χ4v) is 2.53. The van der Waals surface area contributed by atoms with Gasteiger partial charge in [-0.2, -0.15) is 0 Å². The Morgan fingerprint density at radius 3 is 2.60 bits per heavy atom. The summed E-state index contributed by atoms with van der Waals surface area (Å²) >= 11 is 1.58. The number of nitrogens with two attached hydrogens (primary N) is 1. The van der Waals surface area contributed by atoms with Gasteiger partial charge in [0.1, 0.15) is 0 Å². The summed E-state index contributed by atoms with van der Waals surface area (Å²) < 4.78 is 4.76. The first-order valence-corrected chi connectivity index (χ1v) is 5.67. The highest BCUT2D eigenvalue weighted by Crippen LogP contribution is 2.36. The highest BCUT2D eigenvalue weighted by Gasteiger charge is 2.37. The summed E-state index contributed by atoms with van der Waals surface area (Å²) in [6.07, 6.45) is 0. The van der Waals surface area contributed by atoms with Gasteiger partial charge in [0.15, 0.2) is 0 Å². The lowest BCUT2D eigenvalue weighted by Gasteiger charge is -2.28. The van der Waals surface area contributed by atoms with Crippen molar-refractivity contribution in [3.63, 3.8) is 0 Å². The molecule has 0 spiro atoms. The molecule has 0 fully saturated rings. The zero-order chi connectivity index (χ0) is 11.6. The maximum Gasteiger partial charge on any atom is 0.313 e. The van der Waals surface area contributed by atoms with Crippen LogP contribution in [0.5, 0.6) is 0 Å². The predicted octanol–water partition coefficient (Wildman–Crippen LogP) is 2.26. The van der Waals surface area contributed by atoms with Crippen molar-refractivity contribution in [3.05, 3.63) is 21.9 Å². The van der Waals surface area contributed by atoms with Gasteiger partial charge in [-0.25, -0.2) is 0 Å². The van der Waals surface area contributed by atoms with E-state index in [1.807, 2.05) is 32.2 Å². The fraction of sp³-hybridized carbons (Fsp3) is 0.545. The Labute approximate surface area is 94.2 Å². The van der Waals surface area contributed by atoms with Crippen LogP contribution >= 0.6 is 11.3 Å². The molecule has 2 N–H and O–H groups in total. The van der Waals surface area contributed by atoms with Crippen LogP contribution in [0.4, 0.5) is 0 Å². The number of carbonyl (C=O) groups excluding carboxylic acids is 1. The van der Waals surface area contributed by atoms with Crippen LogP contribution in [0.3, 0.4) is 0 Å². The van der Waals surface area contributed by atoms with Gasteiger partial charge in [0.05, 0.1) is 18.6 Å². The molecular weight excluding hydrogens is 210 g/mol. The normalized spacial score (nSPS) is 13.7. The Kier molecular flexibility index (Phi) is 3.52. The summed E-state index contributed by atoms with van der Waals surface area (Å²) in [6.45, 7) is 5.62. The van der Waals surface area contributed by atoms with Gasteiger partial charge in [-0.15, -0.1) is 11.3 Å². The van der Waals surface area contributed by atoms with Crippen LogP contribution in [0.1, 0.15) is 30.3 Å². The standard InChI is InChI=1S/C11H17NO2S/c1-7-5-6-15-8(7)9(12)11(2,3)10(13)14-4/h5-6,9H,12H2,1-4H3/t9-/m1/s1. The molecule has 0 aliphatic heterocycles. The number of thiophene rings is 1. The molecule has 0 unspecified atom stereocenters. The second-order valence-electron chi connectivity index (χ2n) is 4.16. The maximum atomic E-state index is 11.6. The van der Waals surface area contributed by atoms with Gasteiger partial charge in [-0.3, -0.25) is 4.79 Å². The molecule has 3 nitrogen and oxygen atoms in total. The van der Waals surface area contributed by atoms with Crippen molar-refractivity contribution in [1.29, 1.82) is 0 Å². The van der Waals surface area contributed by atoms with Crippen molar-refractivity contribution in [1.82, 2.24) is 0 Å². The summed E-state index contributed by atoms with van der Waals surface area (Å²) in [6, 6.07) is 1.69. The summed E-state index contributed by atoms with van der Waals surface area (Å²) in [5.74, 6) is -0.275. The van der Waals surface area contributed by atoms with Crippen LogP contribution < -0.4 is 5.73 Å². The third kappa shape index (κ3) is 2.21. The molecule has 15 heavy (non-hydrogen) atoms. The number of carbonyl (C=O) groups is 1. The topological polar surface area (TPSA) is 52.3 Å². The van der Waals surface area contributed by atoms with Crippen molar-refractivity contribution >= 4 is 17.3 Å². The van der Waals surface area contributed by atoms with Gasteiger partial charge in [-0.1, -0.05) is 0 Å². The fourth-order valence-electron chi connectivity index (χ4n) is 1.42. The molecule has 0 amide bonds. The van der Waals surface area contributed by atoms with Crippen LogP contribution in [0.15, 0.2) is 11.4 Å². The number of methoxy groups -OCH3 is 1. The summed E-state index contributed by atoms with van der Waals surface area (Å²) in [5, 5.41) is 1.98. The van der Waals surface area contributed by atoms with Crippen LogP contribution in [0.2, 0.25) is 0 Å². The molecule has 1 heterocycles. The molecule has 0 saturated carbocycles. The Morgan fingerprint density at radius 1 is 1.60 bits per heavy atom. The van der Waals surface area contributed by atoms with Crippen LogP contribution in [-0.4, -0.2) is 13.1 Å². The summed E-state index contributed by atoms with van der Waals surface area (Å²) in [5.41, 5.74) is 6.54. The molecule has 84 valence electrons. The lowest BCUT2D eigenvalue weighted by Crippen LogP contribution is -2.37. The lowest BCUT2D eigenvalue weighted by molar-refractivity contribution is -0.152. The molecule has 0 aromatic carbocycles. The summed E-state index contributed by atoms with van der Waals surface area (Å²) in [7, 11) is 1.39. The second-order valence-corrected chi connectivity index (χ2v) is 5.11. The molecule has 0 saturated heterocycles. The highest BCUT2D eigenvalue weighted by molar-refractivity contribution is 7.10. The van der Waals surface area contributed by atoms with Gasteiger partial charge < -0.3 is 10.5 Å². The van der Waals surface area contributed by atoms with E-state index in [4.69, 9.17) is 10.5 Å². The number of aryl methyl sites for hydroxylation is 1. The van der Waals surface area contributed by atoms with E-state index >= 15 is 0 Å². The highest BCUT2D eigenvalue weighted by atomic mass is 32.1. The maximum absolute atomic E-state index is 11.6. The number of esters is 1. The average Bonchev–Trinajstić information content (AvgIpc) is 2.61. The SMILES string of the molecule is COC(=O)C(C)(C)[C@H](N)c1sccc1C. The van der Waals surface area contributed by atoms with Crippen molar-refractivity contribution in [3.8, 4) is 0 Å². The third-order valence-corrected chi connectivity index (χ3v) is 3.78. The van der Waals surface area contributed by atoms with Gasteiger partial charge in [0, 0.05) is 4.88 Å². The van der Waals surface area contributed by atoms with E-state index in [9.17, 15) is 4.79 Å². The number of hydrogen-bond acceptors (Lipinski definition) is 4. The van der Waals surface area contributed by atoms with Crippen molar-refractivity contribution in [2.75, 3.05) is 7.11 Å². The van der Waals surface area contributed by atoms with Gasteiger partial charge in [0.25, 0.3) is 0 Å². The van der Waals surface area contributed by atoms with E-state index in [-0.39, 0.29) is 12.0 Å². The quantitative estimate of drug-likeness (QED) is 0.806. The Morgan fingerprint density at radius 2 is 2.20 bits per heavy atom. The average molecular weight is 227 g/mol. The predicted molar refractivity (Wildman–Crippen MR) is 61.8 cm³/mol. The van der Waals surface area contributed by atoms with Crippen LogP contribution in [0, 0.1) is 12.3 Å². The molecule has 4 heteroatoms. The minimum absolute atomic E-state index is 0.275. The van der Waals surface area contributed by atoms with E-state index < -0.39 is 5.41 Å². The van der Waals surface area contributed by atoms with E-state index in [1.54, 1.807) is 11.3 Å². The van der Waals surface area contributed by atoms with Crippen molar-refractivity contribution < 1.29 is 9.53 Å².